The molecule has 0 atom stereocenters. The van der Waals surface area contributed by atoms with Gasteiger partial charge in [0, 0.05) is 15.0 Å². The Balaban J connectivity index is 1.76. The molecule has 1 heterocycles. The molecule has 0 saturated heterocycles. The fourth-order valence-electron chi connectivity index (χ4n) is 2.38. The summed E-state index contributed by atoms with van der Waals surface area (Å²) in [6.07, 6.45) is 0. The van der Waals surface area contributed by atoms with Crippen LogP contribution in [0.4, 0.5) is 5.00 Å². The van der Waals surface area contributed by atoms with E-state index in [1.54, 1.807) is 0 Å². The van der Waals surface area contributed by atoms with Crippen molar-refractivity contribution in [3.05, 3.63) is 59.7 Å². The summed E-state index contributed by atoms with van der Waals surface area (Å²) in [6, 6.07) is 15.6. The number of thiophene rings is 1. The standard InChI is InChI=1S/C19H17NO3S2/c1-12-7-9-13(10-8-12)24-11-16(21)20-18-17(19(22)23-2)14-5-3-4-6-15(14)25-18/h3-10H,11H2,1-2H3,(H,20,21). The molecule has 0 unspecified atom stereocenters. The van der Waals surface area contributed by atoms with Crippen molar-refractivity contribution < 1.29 is 14.3 Å². The van der Waals surface area contributed by atoms with Crippen LogP contribution in [0.15, 0.2) is 53.4 Å². The fourth-order valence-corrected chi connectivity index (χ4v) is 4.19. The van der Waals surface area contributed by atoms with Crippen LogP contribution in [0.3, 0.4) is 0 Å². The molecule has 6 heteroatoms. The van der Waals surface area contributed by atoms with Crippen LogP contribution in [-0.4, -0.2) is 24.7 Å². The van der Waals surface area contributed by atoms with Gasteiger partial charge in [-0.25, -0.2) is 4.79 Å². The van der Waals surface area contributed by atoms with E-state index in [4.69, 9.17) is 4.74 Å². The topological polar surface area (TPSA) is 55.4 Å². The lowest BCUT2D eigenvalue weighted by Gasteiger charge is -2.06. The number of amides is 1. The summed E-state index contributed by atoms with van der Waals surface area (Å²) in [7, 11) is 1.34. The molecule has 4 nitrogen and oxygen atoms in total. The van der Waals surface area contributed by atoms with Gasteiger partial charge in [0.2, 0.25) is 5.91 Å². The molecule has 0 aliphatic rings. The molecule has 0 radical (unpaired) electrons. The summed E-state index contributed by atoms with van der Waals surface area (Å²) >= 11 is 2.84. The molecular weight excluding hydrogens is 354 g/mol. The SMILES string of the molecule is COC(=O)c1c(NC(=O)CSc2ccc(C)cc2)sc2ccccc12. The number of nitrogens with one attached hydrogen (secondary N) is 1. The molecule has 25 heavy (non-hydrogen) atoms. The Labute approximate surface area is 154 Å². The Morgan fingerprint density at radius 2 is 1.84 bits per heavy atom. The van der Waals surface area contributed by atoms with E-state index < -0.39 is 5.97 Å². The molecule has 3 aromatic rings. The number of methoxy groups -OCH3 is 1. The average molecular weight is 371 g/mol. The zero-order valence-electron chi connectivity index (χ0n) is 13.9. The molecule has 0 fully saturated rings. The molecule has 3 rings (SSSR count). The van der Waals surface area contributed by atoms with Gasteiger partial charge < -0.3 is 10.1 Å². The van der Waals surface area contributed by atoms with Crippen molar-refractivity contribution in [3.8, 4) is 0 Å². The maximum Gasteiger partial charge on any atom is 0.341 e. The molecule has 0 spiro atoms. The zero-order chi connectivity index (χ0) is 17.8. The van der Waals surface area contributed by atoms with Crippen LogP contribution >= 0.6 is 23.1 Å². The molecule has 1 amide bonds. The molecule has 0 aliphatic heterocycles. The molecule has 0 aliphatic carbocycles. The Hall–Kier alpha value is -2.31. The third-order valence-corrected chi connectivity index (χ3v) is 5.73. The van der Waals surface area contributed by atoms with Crippen molar-refractivity contribution in [2.24, 2.45) is 0 Å². The van der Waals surface area contributed by atoms with Gasteiger partial charge in [0.25, 0.3) is 0 Å². The number of rotatable bonds is 5. The lowest BCUT2D eigenvalue weighted by atomic mass is 10.1. The summed E-state index contributed by atoms with van der Waals surface area (Å²) in [5.74, 6) is -0.320. The van der Waals surface area contributed by atoms with E-state index in [0.29, 0.717) is 10.6 Å². The maximum atomic E-state index is 12.3. The summed E-state index contributed by atoms with van der Waals surface area (Å²) in [6.45, 7) is 2.02. The van der Waals surface area contributed by atoms with Crippen molar-refractivity contribution in [1.29, 1.82) is 0 Å². The minimum Gasteiger partial charge on any atom is -0.465 e. The van der Waals surface area contributed by atoms with Crippen LogP contribution in [0.2, 0.25) is 0 Å². The summed E-state index contributed by atoms with van der Waals surface area (Å²) in [5, 5.41) is 4.18. The van der Waals surface area contributed by atoms with Gasteiger partial charge in [-0.2, -0.15) is 0 Å². The molecular formula is C19H17NO3S2. The van der Waals surface area contributed by atoms with Gasteiger partial charge in [0.1, 0.15) is 10.6 Å². The number of carbonyl (C=O) groups is 2. The highest BCUT2D eigenvalue weighted by Crippen LogP contribution is 2.36. The van der Waals surface area contributed by atoms with Gasteiger partial charge in [0.05, 0.1) is 12.9 Å². The minimum absolute atomic E-state index is 0.151. The number of esters is 1. The largest absolute Gasteiger partial charge is 0.465 e. The van der Waals surface area contributed by atoms with Crippen LogP contribution in [0.1, 0.15) is 15.9 Å². The number of aryl methyl sites for hydroxylation is 1. The predicted molar refractivity (Wildman–Crippen MR) is 104 cm³/mol. The number of fused-ring (bicyclic) bond motifs is 1. The molecule has 1 aromatic heterocycles. The first-order valence-electron chi connectivity index (χ1n) is 7.67. The van der Waals surface area contributed by atoms with Crippen molar-refractivity contribution in [2.75, 3.05) is 18.2 Å². The lowest BCUT2D eigenvalue weighted by molar-refractivity contribution is -0.113. The van der Waals surface area contributed by atoms with E-state index in [1.165, 1.54) is 35.8 Å². The summed E-state index contributed by atoms with van der Waals surface area (Å²) in [5.41, 5.74) is 1.60. The highest BCUT2D eigenvalue weighted by molar-refractivity contribution is 8.00. The first-order chi connectivity index (χ1) is 12.1. The van der Waals surface area contributed by atoms with E-state index in [-0.39, 0.29) is 11.7 Å². The van der Waals surface area contributed by atoms with Gasteiger partial charge in [-0.3, -0.25) is 4.79 Å². The fraction of sp³-hybridized carbons (Fsp3) is 0.158. The quantitative estimate of drug-likeness (QED) is 0.520. The number of hydrogen-bond acceptors (Lipinski definition) is 5. The molecule has 128 valence electrons. The Bertz CT molecular complexity index is 916. The van der Waals surface area contributed by atoms with E-state index in [0.717, 1.165) is 15.0 Å². The van der Waals surface area contributed by atoms with Crippen LogP contribution in [0.25, 0.3) is 10.1 Å². The molecule has 0 bridgehead atoms. The second kappa shape index (κ2) is 7.72. The number of ether oxygens (including phenoxy) is 1. The Kier molecular flexibility index (Phi) is 5.40. The van der Waals surface area contributed by atoms with Crippen molar-refractivity contribution in [3.63, 3.8) is 0 Å². The monoisotopic (exact) mass is 371 g/mol. The second-order valence-corrected chi connectivity index (χ2v) is 7.54. The van der Waals surface area contributed by atoms with Gasteiger partial charge in [0.15, 0.2) is 0 Å². The van der Waals surface area contributed by atoms with Crippen molar-refractivity contribution >= 4 is 50.1 Å². The average Bonchev–Trinajstić information content (AvgIpc) is 2.98. The van der Waals surface area contributed by atoms with E-state index in [9.17, 15) is 9.59 Å². The van der Waals surface area contributed by atoms with Gasteiger partial charge in [-0.15, -0.1) is 23.1 Å². The van der Waals surface area contributed by atoms with Gasteiger partial charge >= 0.3 is 5.97 Å². The van der Waals surface area contributed by atoms with Crippen LogP contribution in [0.5, 0.6) is 0 Å². The second-order valence-electron chi connectivity index (χ2n) is 5.44. The first kappa shape index (κ1) is 17.5. The zero-order valence-corrected chi connectivity index (χ0v) is 15.5. The number of benzene rings is 2. The molecule has 0 saturated carbocycles. The van der Waals surface area contributed by atoms with E-state index >= 15 is 0 Å². The summed E-state index contributed by atoms with van der Waals surface area (Å²) in [4.78, 5) is 25.5. The van der Waals surface area contributed by atoms with Gasteiger partial charge in [-0.05, 0) is 25.1 Å². The van der Waals surface area contributed by atoms with Crippen LogP contribution in [-0.2, 0) is 9.53 Å². The Morgan fingerprint density at radius 3 is 2.56 bits per heavy atom. The normalized spacial score (nSPS) is 10.6. The van der Waals surface area contributed by atoms with Crippen LogP contribution in [0, 0.1) is 6.92 Å². The smallest absolute Gasteiger partial charge is 0.341 e. The molecule has 1 N–H and O–H groups in total. The van der Waals surface area contributed by atoms with Gasteiger partial charge in [-0.1, -0.05) is 35.9 Å². The first-order valence-corrected chi connectivity index (χ1v) is 9.48. The third kappa shape index (κ3) is 4.03. The highest BCUT2D eigenvalue weighted by Gasteiger charge is 2.20. The highest BCUT2D eigenvalue weighted by atomic mass is 32.2. The predicted octanol–water partition coefficient (Wildman–Crippen LogP) is 4.73. The number of anilines is 1. The third-order valence-electron chi connectivity index (χ3n) is 3.63. The summed E-state index contributed by atoms with van der Waals surface area (Å²) < 4.78 is 5.81. The number of thioether (sulfide) groups is 1. The number of carbonyl (C=O) groups excluding carboxylic acids is 2. The Morgan fingerprint density at radius 1 is 1.12 bits per heavy atom. The van der Waals surface area contributed by atoms with E-state index in [1.807, 2.05) is 55.5 Å². The minimum atomic E-state index is -0.445. The molecule has 2 aromatic carbocycles. The van der Waals surface area contributed by atoms with Crippen LogP contribution < -0.4 is 5.32 Å². The maximum absolute atomic E-state index is 12.3. The van der Waals surface area contributed by atoms with Crippen molar-refractivity contribution in [1.82, 2.24) is 0 Å². The van der Waals surface area contributed by atoms with E-state index in [2.05, 4.69) is 5.32 Å². The number of hydrogen-bond donors (Lipinski definition) is 1. The lowest BCUT2D eigenvalue weighted by Crippen LogP contribution is -2.15. The van der Waals surface area contributed by atoms with Crippen molar-refractivity contribution in [2.45, 2.75) is 11.8 Å².